The molecule has 0 saturated heterocycles. The Morgan fingerprint density at radius 1 is 0.873 bits per heavy atom. The summed E-state index contributed by atoms with van der Waals surface area (Å²) in [4.78, 5) is 47.4. The van der Waals surface area contributed by atoms with E-state index in [1.165, 1.54) is 18.9 Å². The second-order valence-corrected chi connectivity index (χ2v) is 13.1. The Balaban J connectivity index is 0.000000633. The van der Waals surface area contributed by atoms with Crippen molar-refractivity contribution in [2.24, 2.45) is 0 Å². The Morgan fingerprint density at radius 2 is 1.45 bits per heavy atom. The zero-order chi connectivity index (χ0) is 41.2. The number of alkyl halides is 8. The lowest BCUT2D eigenvalue weighted by Crippen LogP contribution is -2.45. The standard InChI is InChI=1S/C30H40F2N4O4S.2C2HF3O2/c31-29(32)40-24-9-5-6-21(20-24)12-15-33-17-14-26(38)36(23-7-3-1-2-4-8-23)19-18-34-16-13-22-10-11-25(37)27-28(22)41-30(39)35-27;2*3-2(4,5)1(6)7/h5-6,9-11,20,23,29,33-34,37H,1-4,7-8,12-19H2,(H,35,39);2*(H,6,7). The van der Waals surface area contributed by atoms with Crippen molar-refractivity contribution in [3.8, 4) is 11.5 Å². The van der Waals surface area contributed by atoms with Crippen LogP contribution in [0.2, 0.25) is 0 Å². The minimum atomic E-state index is -5.08. The first-order valence-corrected chi connectivity index (χ1v) is 17.8. The number of amides is 1. The molecular weight excluding hydrogens is 776 g/mol. The maximum absolute atomic E-state index is 13.3. The molecule has 1 aliphatic carbocycles. The summed E-state index contributed by atoms with van der Waals surface area (Å²) in [6, 6.07) is 10.4. The second-order valence-electron chi connectivity index (χ2n) is 12.1. The van der Waals surface area contributed by atoms with Crippen LogP contribution >= 0.6 is 11.3 Å². The highest BCUT2D eigenvalue weighted by Crippen LogP contribution is 2.28. The van der Waals surface area contributed by atoms with Crippen LogP contribution in [0.5, 0.6) is 11.5 Å². The molecular formula is C34H42F8N4O8S. The molecule has 12 nitrogen and oxygen atoms in total. The predicted molar refractivity (Wildman–Crippen MR) is 186 cm³/mol. The summed E-state index contributed by atoms with van der Waals surface area (Å²) in [5.74, 6) is -5.13. The molecule has 1 heterocycles. The van der Waals surface area contributed by atoms with Gasteiger partial charge in [-0.1, -0.05) is 55.2 Å². The SMILES string of the molecule is O=C(CCNCCc1cccc(OC(F)F)c1)N(CCNCCc1ccc(O)c2[nH]c(=O)sc12)C1CCCCCC1.O=C(O)C(F)(F)F.O=C(O)C(F)(F)F. The highest BCUT2D eigenvalue weighted by molar-refractivity contribution is 7.16. The average Bonchev–Trinajstić information content (AvgIpc) is 3.30. The number of H-pyrrole nitrogens is 1. The summed E-state index contributed by atoms with van der Waals surface area (Å²) < 4.78 is 93.6. The molecule has 21 heteroatoms. The highest BCUT2D eigenvalue weighted by Gasteiger charge is 2.39. The minimum Gasteiger partial charge on any atom is -0.506 e. The van der Waals surface area contributed by atoms with Crippen LogP contribution in [0.3, 0.4) is 0 Å². The monoisotopic (exact) mass is 818 g/mol. The molecule has 1 aliphatic rings. The number of halogens is 8. The van der Waals surface area contributed by atoms with E-state index < -0.39 is 30.9 Å². The molecule has 0 unspecified atom stereocenters. The Hall–Kier alpha value is -4.50. The third-order valence-electron chi connectivity index (χ3n) is 8.04. The topological polar surface area (TPSA) is 181 Å². The van der Waals surface area contributed by atoms with Crippen LogP contribution in [0.1, 0.15) is 56.1 Å². The van der Waals surface area contributed by atoms with Crippen LogP contribution in [0, 0.1) is 0 Å². The quantitative estimate of drug-likeness (QED) is 0.0599. The molecule has 0 radical (unpaired) electrons. The molecule has 4 rings (SSSR count). The Kier molecular flexibility index (Phi) is 19.3. The second kappa shape index (κ2) is 22.8. The van der Waals surface area contributed by atoms with Crippen LogP contribution in [0.4, 0.5) is 35.1 Å². The van der Waals surface area contributed by atoms with Gasteiger partial charge in [0.05, 0.1) is 4.70 Å². The first kappa shape index (κ1) is 46.7. The molecule has 1 amide bonds. The molecule has 3 aromatic rings. The minimum absolute atomic E-state index is 0.0794. The van der Waals surface area contributed by atoms with Crippen molar-refractivity contribution in [1.82, 2.24) is 20.5 Å². The van der Waals surface area contributed by atoms with Gasteiger partial charge in [-0.15, -0.1) is 0 Å². The summed E-state index contributed by atoms with van der Waals surface area (Å²) in [7, 11) is 0. The number of rotatable bonds is 15. The van der Waals surface area contributed by atoms with Crippen molar-refractivity contribution in [2.75, 3.05) is 32.7 Å². The van der Waals surface area contributed by atoms with Gasteiger partial charge in [-0.05, 0) is 68.1 Å². The first-order valence-electron chi connectivity index (χ1n) is 17.0. The molecule has 1 aromatic heterocycles. The van der Waals surface area contributed by atoms with Crippen LogP contribution in [0.25, 0.3) is 10.2 Å². The van der Waals surface area contributed by atoms with Crippen LogP contribution in [-0.4, -0.2) is 101 Å². The lowest BCUT2D eigenvalue weighted by molar-refractivity contribution is -0.193. The molecule has 55 heavy (non-hydrogen) atoms. The van der Waals surface area contributed by atoms with E-state index in [1.54, 1.807) is 18.2 Å². The number of carboxylic acid groups (broad SMARTS) is 2. The third-order valence-corrected chi connectivity index (χ3v) is 9.00. The van der Waals surface area contributed by atoms with E-state index in [9.17, 15) is 49.8 Å². The Bertz CT molecular complexity index is 1690. The number of nitrogens with zero attached hydrogens (tertiary/aromatic N) is 1. The van der Waals surface area contributed by atoms with Crippen molar-refractivity contribution >= 4 is 39.4 Å². The maximum atomic E-state index is 13.3. The number of hydrogen-bond acceptors (Lipinski definition) is 9. The number of aromatic amines is 1. The van der Waals surface area contributed by atoms with Gasteiger partial charge in [0.25, 0.3) is 0 Å². The van der Waals surface area contributed by atoms with Gasteiger partial charge >= 0.3 is 35.8 Å². The number of aromatic hydroxyl groups is 1. The summed E-state index contributed by atoms with van der Waals surface area (Å²) >= 11 is 1.11. The number of thiazole rings is 1. The van der Waals surface area contributed by atoms with Crippen molar-refractivity contribution < 1.29 is 69.6 Å². The fraction of sp³-hybridized carbons (Fsp3) is 0.529. The van der Waals surface area contributed by atoms with Gasteiger partial charge in [-0.2, -0.15) is 35.1 Å². The number of carbonyl (C=O) groups is 3. The number of phenolic OH excluding ortho intramolecular Hbond substituents is 1. The predicted octanol–water partition coefficient (Wildman–Crippen LogP) is 6.07. The number of benzene rings is 2. The zero-order valence-electron chi connectivity index (χ0n) is 29.3. The number of fused-ring (bicyclic) bond motifs is 1. The lowest BCUT2D eigenvalue weighted by Gasteiger charge is -2.32. The molecule has 0 aliphatic heterocycles. The van der Waals surface area contributed by atoms with Gasteiger partial charge in [0.15, 0.2) is 0 Å². The van der Waals surface area contributed by atoms with Gasteiger partial charge in [0, 0.05) is 32.1 Å². The molecule has 1 saturated carbocycles. The van der Waals surface area contributed by atoms with Crippen molar-refractivity contribution in [3.05, 3.63) is 57.2 Å². The van der Waals surface area contributed by atoms with Crippen LogP contribution in [0.15, 0.2) is 41.2 Å². The van der Waals surface area contributed by atoms with E-state index in [0.717, 1.165) is 52.8 Å². The van der Waals surface area contributed by atoms with Crippen molar-refractivity contribution in [2.45, 2.75) is 82.8 Å². The molecule has 1 fully saturated rings. The number of phenols is 1. The van der Waals surface area contributed by atoms with Crippen LogP contribution < -0.4 is 20.2 Å². The molecule has 6 N–H and O–H groups in total. The van der Waals surface area contributed by atoms with Gasteiger partial charge in [0.1, 0.15) is 17.0 Å². The molecule has 308 valence electrons. The lowest BCUT2D eigenvalue weighted by atomic mass is 10.1. The van der Waals surface area contributed by atoms with Crippen molar-refractivity contribution in [3.63, 3.8) is 0 Å². The number of aliphatic carboxylic acids is 2. The van der Waals surface area contributed by atoms with Gasteiger partial charge in [-0.3, -0.25) is 9.59 Å². The fourth-order valence-electron chi connectivity index (χ4n) is 5.47. The van der Waals surface area contributed by atoms with Gasteiger partial charge in [0.2, 0.25) is 5.91 Å². The normalized spacial score (nSPS) is 13.6. The summed E-state index contributed by atoms with van der Waals surface area (Å²) in [6.45, 7) is 0.365. The Labute approximate surface area is 313 Å². The van der Waals surface area contributed by atoms with E-state index >= 15 is 0 Å². The fourth-order valence-corrected chi connectivity index (χ4v) is 6.37. The zero-order valence-corrected chi connectivity index (χ0v) is 30.1. The van der Waals surface area contributed by atoms with E-state index in [0.29, 0.717) is 57.5 Å². The largest absolute Gasteiger partial charge is 0.506 e. The number of nitrogens with one attached hydrogen (secondary N) is 3. The molecule has 0 spiro atoms. The smallest absolute Gasteiger partial charge is 0.490 e. The average molecular weight is 819 g/mol. The van der Waals surface area contributed by atoms with Gasteiger partial charge < -0.3 is 40.6 Å². The Morgan fingerprint density at radius 3 is 2.04 bits per heavy atom. The third kappa shape index (κ3) is 17.7. The number of carbonyl (C=O) groups excluding carboxylic acids is 1. The molecule has 0 bridgehead atoms. The van der Waals surface area contributed by atoms with Gasteiger partial charge in [-0.25, -0.2) is 9.59 Å². The van der Waals surface area contributed by atoms with Crippen molar-refractivity contribution in [1.29, 1.82) is 0 Å². The van der Waals surface area contributed by atoms with E-state index in [-0.39, 0.29) is 28.3 Å². The first-order chi connectivity index (χ1) is 25.8. The molecule has 0 atom stereocenters. The van der Waals surface area contributed by atoms with E-state index in [2.05, 4.69) is 25.3 Å². The highest BCUT2D eigenvalue weighted by atomic mass is 32.1. The number of aromatic nitrogens is 1. The summed E-state index contributed by atoms with van der Waals surface area (Å²) in [5.41, 5.74) is 2.39. The molecule has 2 aromatic carbocycles. The number of hydrogen-bond donors (Lipinski definition) is 6. The van der Waals surface area contributed by atoms with E-state index in [1.807, 2.05) is 12.1 Å². The number of ether oxygens (including phenoxy) is 1. The summed E-state index contributed by atoms with van der Waals surface area (Å²) in [5, 5.41) is 31.0. The maximum Gasteiger partial charge on any atom is 0.490 e. The number of carboxylic acids is 2. The summed E-state index contributed by atoms with van der Waals surface area (Å²) in [6.07, 6.45) is -1.61. The van der Waals surface area contributed by atoms with E-state index in [4.69, 9.17) is 19.8 Å². The van der Waals surface area contributed by atoms with Crippen LogP contribution in [-0.2, 0) is 27.2 Å².